The third kappa shape index (κ3) is 4.08. The number of nitrogens with two attached hydrogens (primary N) is 3. The monoisotopic (exact) mass is 411 g/mol. The lowest BCUT2D eigenvalue weighted by molar-refractivity contribution is 0.206. The summed E-state index contributed by atoms with van der Waals surface area (Å²) >= 11 is 0. The number of aryl methyl sites for hydroxylation is 1. The van der Waals surface area contributed by atoms with Gasteiger partial charge in [-0.3, -0.25) is 0 Å². The fourth-order valence-electron chi connectivity index (χ4n) is 3.54. The highest BCUT2D eigenvalue weighted by molar-refractivity contribution is 5.70. The van der Waals surface area contributed by atoms with Crippen molar-refractivity contribution < 1.29 is 14.3 Å². The summed E-state index contributed by atoms with van der Waals surface area (Å²) in [5.41, 5.74) is 20.2. The van der Waals surface area contributed by atoms with Crippen LogP contribution in [0.15, 0.2) is 30.6 Å². The van der Waals surface area contributed by atoms with Crippen molar-refractivity contribution in [3.8, 4) is 11.5 Å². The predicted octanol–water partition coefficient (Wildman–Crippen LogP) is 1.58. The van der Waals surface area contributed by atoms with Crippen molar-refractivity contribution in [3.63, 3.8) is 0 Å². The first kappa shape index (κ1) is 19.8. The van der Waals surface area contributed by atoms with E-state index in [9.17, 15) is 4.79 Å². The molecule has 1 saturated heterocycles. The Labute approximate surface area is 173 Å². The Hall–Kier alpha value is -3.53. The Kier molecular flexibility index (Phi) is 5.32. The maximum absolute atomic E-state index is 11.1. The molecule has 3 aromatic rings. The van der Waals surface area contributed by atoms with Gasteiger partial charge in [-0.2, -0.15) is 0 Å². The average molecular weight is 411 g/mol. The molecule has 10 nitrogen and oxygen atoms in total. The molecule has 1 aliphatic heterocycles. The molecule has 0 unspecified atom stereocenters. The molecule has 0 aliphatic carbocycles. The van der Waals surface area contributed by atoms with E-state index in [0.717, 1.165) is 42.6 Å². The Morgan fingerprint density at radius 3 is 2.77 bits per heavy atom. The normalized spacial score (nSPS) is 14.8. The van der Waals surface area contributed by atoms with Crippen LogP contribution in [0.2, 0.25) is 0 Å². The van der Waals surface area contributed by atoms with Crippen LogP contribution in [-0.2, 0) is 6.61 Å². The smallest absolute Gasteiger partial charge is 0.410 e. The number of rotatable bonds is 5. The highest BCUT2D eigenvalue weighted by Crippen LogP contribution is 2.31. The number of carbonyl (C=O) groups excluding carboxylic acids is 1. The number of primary amides is 1. The minimum atomic E-state index is -0.922. The second-order valence-electron chi connectivity index (χ2n) is 7.42. The fraction of sp³-hybridized carbons (Fsp3) is 0.350. The van der Waals surface area contributed by atoms with Crippen LogP contribution < -0.4 is 31.6 Å². The third-order valence-corrected chi connectivity index (χ3v) is 5.22. The number of amides is 1. The van der Waals surface area contributed by atoms with Crippen LogP contribution in [0.5, 0.6) is 11.5 Å². The first-order valence-corrected chi connectivity index (χ1v) is 9.74. The maximum Gasteiger partial charge on any atom is 0.410 e. The molecule has 0 radical (unpaired) electrons. The van der Waals surface area contributed by atoms with Crippen LogP contribution in [-0.4, -0.2) is 39.8 Å². The van der Waals surface area contributed by atoms with Crippen molar-refractivity contribution in [3.05, 3.63) is 41.7 Å². The molecule has 6 N–H and O–H groups in total. The van der Waals surface area contributed by atoms with Crippen molar-refractivity contribution in [1.29, 1.82) is 0 Å². The summed E-state index contributed by atoms with van der Waals surface area (Å²) in [6, 6.07) is 4.98. The molecule has 1 fully saturated rings. The zero-order valence-corrected chi connectivity index (χ0v) is 16.7. The number of hydrogen-bond donors (Lipinski definition) is 3. The van der Waals surface area contributed by atoms with Gasteiger partial charge in [-0.05, 0) is 37.5 Å². The van der Waals surface area contributed by atoms with Crippen LogP contribution >= 0.6 is 0 Å². The number of aromatic nitrogens is 3. The van der Waals surface area contributed by atoms with Crippen LogP contribution in [0, 0.1) is 6.92 Å². The molecule has 0 atom stereocenters. The van der Waals surface area contributed by atoms with Crippen molar-refractivity contribution in [1.82, 2.24) is 14.6 Å². The van der Waals surface area contributed by atoms with E-state index < -0.39 is 6.09 Å². The number of ether oxygens (including phenoxy) is 2. The molecule has 2 aromatic heterocycles. The largest absolute Gasteiger partial charge is 0.485 e. The van der Waals surface area contributed by atoms with Gasteiger partial charge in [0.1, 0.15) is 6.61 Å². The van der Waals surface area contributed by atoms with E-state index in [1.54, 1.807) is 24.4 Å². The van der Waals surface area contributed by atoms with Gasteiger partial charge >= 0.3 is 6.09 Å². The van der Waals surface area contributed by atoms with E-state index in [1.165, 1.54) is 0 Å². The van der Waals surface area contributed by atoms with Gasteiger partial charge in [0.25, 0.3) is 0 Å². The molecule has 4 rings (SSSR count). The average Bonchev–Trinajstić information content (AvgIpc) is 3.02. The number of nitrogens with zero attached hydrogens (tertiary/aromatic N) is 4. The lowest BCUT2D eigenvalue weighted by Gasteiger charge is -2.29. The highest BCUT2D eigenvalue weighted by Gasteiger charge is 2.20. The van der Waals surface area contributed by atoms with Crippen molar-refractivity contribution in [2.24, 2.45) is 11.5 Å². The van der Waals surface area contributed by atoms with Crippen LogP contribution in [0.1, 0.15) is 24.0 Å². The van der Waals surface area contributed by atoms with Gasteiger partial charge in [-0.25, -0.2) is 14.3 Å². The molecule has 30 heavy (non-hydrogen) atoms. The topological polar surface area (TPSA) is 147 Å². The minimum Gasteiger partial charge on any atom is -0.485 e. The zero-order chi connectivity index (χ0) is 21.3. The van der Waals surface area contributed by atoms with Crippen LogP contribution in [0.25, 0.3) is 5.52 Å². The second kappa shape index (κ2) is 8.07. The summed E-state index contributed by atoms with van der Waals surface area (Å²) < 4.78 is 12.7. The second-order valence-corrected chi connectivity index (χ2v) is 7.42. The van der Waals surface area contributed by atoms with Gasteiger partial charge in [0.15, 0.2) is 11.5 Å². The number of piperidine rings is 1. The van der Waals surface area contributed by atoms with Crippen molar-refractivity contribution in [2.45, 2.75) is 32.4 Å². The standard InChI is InChI=1S/C20H25N7O3/c1-12-10-27-16(9-24-20(25-27)26-6-4-13(21)5-7-26)15(12)11-29-18-8-14(22)2-3-17(18)30-19(23)28/h2-3,8-10,13H,4-7,11,21-22H2,1H3,(H2,23,28). The first-order chi connectivity index (χ1) is 14.4. The highest BCUT2D eigenvalue weighted by atomic mass is 16.6. The predicted molar refractivity (Wildman–Crippen MR) is 113 cm³/mol. The number of hydrogen-bond acceptors (Lipinski definition) is 8. The lowest BCUT2D eigenvalue weighted by Crippen LogP contribution is -2.40. The van der Waals surface area contributed by atoms with Gasteiger partial charge in [0.2, 0.25) is 5.95 Å². The van der Waals surface area contributed by atoms with Crippen LogP contribution in [0.3, 0.4) is 0 Å². The molecule has 0 saturated carbocycles. The van der Waals surface area contributed by atoms with E-state index >= 15 is 0 Å². The maximum atomic E-state index is 11.1. The molecular formula is C20H25N7O3. The van der Waals surface area contributed by atoms with E-state index in [0.29, 0.717) is 17.4 Å². The van der Waals surface area contributed by atoms with E-state index in [2.05, 4.69) is 15.0 Å². The Bertz CT molecular complexity index is 1070. The first-order valence-electron chi connectivity index (χ1n) is 9.74. The van der Waals surface area contributed by atoms with Crippen LogP contribution in [0.4, 0.5) is 16.4 Å². The molecule has 1 amide bonds. The van der Waals surface area contributed by atoms with Gasteiger partial charge < -0.3 is 31.6 Å². The molecule has 10 heteroatoms. The number of nitrogen functional groups attached to an aromatic ring is 1. The molecule has 3 heterocycles. The molecule has 1 aromatic carbocycles. The van der Waals surface area contributed by atoms with Gasteiger partial charge in [-0.15, -0.1) is 5.10 Å². The van der Waals surface area contributed by atoms with E-state index in [-0.39, 0.29) is 18.4 Å². The molecule has 0 spiro atoms. The zero-order valence-electron chi connectivity index (χ0n) is 16.7. The number of benzene rings is 1. The lowest BCUT2D eigenvalue weighted by atomic mass is 10.1. The van der Waals surface area contributed by atoms with Gasteiger partial charge in [-0.1, -0.05) is 0 Å². The molecule has 1 aliphatic rings. The summed E-state index contributed by atoms with van der Waals surface area (Å²) in [6.45, 7) is 3.90. The third-order valence-electron chi connectivity index (χ3n) is 5.22. The van der Waals surface area contributed by atoms with E-state index in [4.69, 9.17) is 26.7 Å². The fourth-order valence-corrected chi connectivity index (χ4v) is 3.54. The Morgan fingerprint density at radius 1 is 1.27 bits per heavy atom. The van der Waals surface area contributed by atoms with Crippen molar-refractivity contribution in [2.75, 3.05) is 23.7 Å². The van der Waals surface area contributed by atoms with Crippen molar-refractivity contribution >= 4 is 23.2 Å². The molecular weight excluding hydrogens is 386 g/mol. The van der Waals surface area contributed by atoms with Gasteiger partial charge in [0.05, 0.1) is 11.7 Å². The SMILES string of the molecule is Cc1cn2nc(N3CCC(N)CC3)ncc2c1COc1cc(N)ccc1OC(N)=O. The minimum absolute atomic E-state index is 0.208. The number of carbonyl (C=O) groups is 1. The Morgan fingerprint density at radius 2 is 2.03 bits per heavy atom. The summed E-state index contributed by atoms with van der Waals surface area (Å²) in [5.74, 6) is 1.22. The van der Waals surface area contributed by atoms with E-state index in [1.807, 2.05) is 17.6 Å². The number of fused-ring (bicyclic) bond motifs is 1. The summed E-state index contributed by atoms with van der Waals surface area (Å²) in [5, 5.41) is 4.66. The summed E-state index contributed by atoms with van der Waals surface area (Å²) in [7, 11) is 0. The quantitative estimate of drug-likeness (QED) is 0.536. The van der Waals surface area contributed by atoms with Gasteiger partial charge in [0, 0.05) is 42.6 Å². The molecule has 158 valence electrons. The molecule has 0 bridgehead atoms. The number of anilines is 2. The Balaban J connectivity index is 1.56. The summed E-state index contributed by atoms with van der Waals surface area (Å²) in [6.07, 6.45) is 4.68. The summed E-state index contributed by atoms with van der Waals surface area (Å²) in [4.78, 5) is 17.8.